The van der Waals surface area contributed by atoms with Gasteiger partial charge in [0.1, 0.15) is 5.82 Å². The predicted octanol–water partition coefficient (Wildman–Crippen LogP) is 3.02. The summed E-state index contributed by atoms with van der Waals surface area (Å²) in [5, 5.41) is 12.0. The van der Waals surface area contributed by atoms with Crippen molar-refractivity contribution in [2.24, 2.45) is 5.92 Å². The molecule has 4 nitrogen and oxygen atoms in total. The van der Waals surface area contributed by atoms with E-state index in [1.165, 1.54) is 25.1 Å². The van der Waals surface area contributed by atoms with Crippen LogP contribution in [0.3, 0.4) is 0 Å². The highest BCUT2D eigenvalue weighted by Gasteiger charge is 2.03. The van der Waals surface area contributed by atoms with Gasteiger partial charge in [-0.1, -0.05) is 26.7 Å². The standard InChI is InChI=1S/C13H20N2O2/c1-10(2)5-3-4-7-14-12-9-11(13(16)17)6-8-15-12/h6,8-10H,3-5,7H2,1-2H3,(H,14,15)(H,16,17). The number of aromatic nitrogens is 1. The Morgan fingerprint density at radius 2 is 2.24 bits per heavy atom. The predicted molar refractivity (Wildman–Crippen MR) is 68.4 cm³/mol. The number of nitrogens with zero attached hydrogens (tertiary/aromatic N) is 1. The Hall–Kier alpha value is -1.58. The Kier molecular flexibility index (Phi) is 5.46. The largest absolute Gasteiger partial charge is 0.478 e. The molecule has 4 heteroatoms. The van der Waals surface area contributed by atoms with Crippen LogP contribution in [0.1, 0.15) is 43.5 Å². The van der Waals surface area contributed by atoms with Crippen LogP contribution < -0.4 is 5.32 Å². The van der Waals surface area contributed by atoms with Gasteiger partial charge in [0.25, 0.3) is 0 Å². The van der Waals surface area contributed by atoms with Gasteiger partial charge >= 0.3 is 5.97 Å². The lowest BCUT2D eigenvalue weighted by Crippen LogP contribution is -2.05. The zero-order valence-electron chi connectivity index (χ0n) is 10.4. The number of carbonyl (C=O) groups is 1. The fourth-order valence-electron chi connectivity index (χ4n) is 1.55. The van der Waals surface area contributed by atoms with Crippen LogP contribution in [0, 0.1) is 5.92 Å². The summed E-state index contributed by atoms with van der Waals surface area (Å²) >= 11 is 0. The van der Waals surface area contributed by atoms with Crippen LogP contribution in [0.15, 0.2) is 18.3 Å². The molecule has 0 saturated heterocycles. The molecule has 0 radical (unpaired) electrons. The average Bonchev–Trinajstić information content (AvgIpc) is 2.28. The molecule has 1 rings (SSSR count). The Balaban J connectivity index is 2.31. The average molecular weight is 236 g/mol. The van der Waals surface area contributed by atoms with E-state index in [1.807, 2.05) is 0 Å². The molecule has 0 amide bonds. The number of anilines is 1. The highest BCUT2D eigenvalue weighted by Crippen LogP contribution is 2.09. The summed E-state index contributed by atoms with van der Waals surface area (Å²) in [6.07, 6.45) is 5.00. The molecule has 17 heavy (non-hydrogen) atoms. The normalized spacial score (nSPS) is 10.5. The molecule has 0 bridgehead atoms. The summed E-state index contributed by atoms with van der Waals surface area (Å²) in [6, 6.07) is 3.05. The number of hydrogen-bond acceptors (Lipinski definition) is 3. The van der Waals surface area contributed by atoms with Crippen molar-refractivity contribution >= 4 is 11.8 Å². The Morgan fingerprint density at radius 1 is 1.47 bits per heavy atom. The van der Waals surface area contributed by atoms with Gasteiger partial charge in [0.15, 0.2) is 0 Å². The molecule has 1 aromatic rings. The first kappa shape index (κ1) is 13.5. The third kappa shape index (κ3) is 5.33. The zero-order valence-corrected chi connectivity index (χ0v) is 10.4. The number of aromatic carboxylic acids is 1. The maximum Gasteiger partial charge on any atom is 0.335 e. The van der Waals surface area contributed by atoms with Gasteiger partial charge in [-0.15, -0.1) is 0 Å². The molecule has 0 aliphatic carbocycles. The van der Waals surface area contributed by atoms with Gasteiger partial charge in [-0.05, 0) is 24.5 Å². The summed E-state index contributed by atoms with van der Waals surface area (Å²) in [6.45, 7) is 5.26. The van der Waals surface area contributed by atoms with Gasteiger partial charge in [0.05, 0.1) is 5.56 Å². The molecule has 1 aromatic heterocycles. The van der Waals surface area contributed by atoms with Crippen LogP contribution >= 0.6 is 0 Å². The minimum absolute atomic E-state index is 0.268. The van der Waals surface area contributed by atoms with Crippen molar-refractivity contribution in [3.8, 4) is 0 Å². The van der Waals surface area contributed by atoms with Crippen molar-refractivity contribution < 1.29 is 9.90 Å². The van der Waals surface area contributed by atoms with Gasteiger partial charge in [0.2, 0.25) is 0 Å². The second-order valence-corrected chi connectivity index (χ2v) is 4.55. The molecular weight excluding hydrogens is 216 g/mol. The smallest absolute Gasteiger partial charge is 0.335 e. The fourth-order valence-corrected chi connectivity index (χ4v) is 1.55. The van der Waals surface area contributed by atoms with Gasteiger partial charge in [-0.2, -0.15) is 0 Å². The molecule has 94 valence electrons. The minimum Gasteiger partial charge on any atom is -0.478 e. The topological polar surface area (TPSA) is 62.2 Å². The summed E-state index contributed by atoms with van der Waals surface area (Å²) < 4.78 is 0. The lowest BCUT2D eigenvalue weighted by molar-refractivity contribution is 0.0697. The SMILES string of the molecule is CC(C)CCCCNc1cc(C(=O)O)ccn1. The number of hydrogen-bond donors (Lipinski definition) is 2. The van der Waals surface area contributed by atoms with Crippen LogP contribution in [0.5, 0.6) is 0 Å². The molecule has 0 aliphatic heterocycles. The van der Waals surface area contributed by atoms with Crippen molar-refractivity contribution in [3.63, 3.8) is 0 Å². The van der Waals surface area contributed by atoms with Crippen LogP contribution in [0.2, 0.25) is 0 Å². The number of pyridine rings is 1. The van der Waals surface area contributed by atoms with E-state index in [-0.39, 0.29) is 5.56 Å². The van der Waals surface area contributed by atoms with Crippen molar-refractivity contribution in [3.05, 3.63) is 23.9 Å². The molecule has 0 saturated carbocycles. The second kappa shape index (κ2) is 6.89. The highest BCUT2D eigenvalue weighted by atomic mass is 16.4. The number of carboxylic acid groups (broad SMARTS) is 1. The van der Waals surface area contributed by atoms with E-state index >= 15 is 0 Å². The fraction of sp³-hybridized carbons (Fsp3) is 0.538. The summed E-state index contributed by atoms with van der Waals surface area (Å²) in [5.74, 6) is 0.452. The van der Waals surface area contributed by atoms with Gasteiger partial charge in [0, 0.05) is 12.7 Å². The van der Waals surface area contributed by atoms with Crippen molar-refractivity contribution in [1.82, 2.24) is 4.98 Å². The summed E-state index contributed by atoms with van der Waals surface area (Å²) in [5.41, 5.74) is 0.268. The zero-order chi connectivity index (χ0) is 12.7. The molecule has 0 aliphatic rings. The van der Waals surface area contributed by atoms with E-state index in [0.717, 1.165) is 18.9 Å². The minimum atomic E-state index is -0.921. The Bertz CT molecular complexity index is 364. The summed E-state index contributed by atoms with van der Waals surface area (Å²) in [4.78, 5) is 14.8. The van der Waals surface area contributed by atoms with E-state index in [1.54, 1.807) is 6.07 Å². The van der Waals surface area contributed by atoms with E-state index < -0.39 is 5.97 Å². The molecule has 0 unspecified atom stereocenters. The van der Waals surface area contributed by atoms with E-state index in [2.05, 4.69) is 24.1 Å². The molecule has 0 spiro atoms. The van der Waals surface area contributed by atoms with Gasteiger partial charge in [-0.3, -0.25) is 0 Å². The molecule has 1 heterocycles. The number of carboxylic acids is 1. The first-order valence-electron chi connectivity index (χ1n) is 6.03. The molecule has 0 fully saturated rings. The first-order valence-corrected chi connectivity index (χ1v) is 6.03. The van der Waals surface area contributed by atoms with E-state index in [0.29, 0.717) is 5.82 Å². The first-order chi connectivity index (χ1) is 8.09. The summed E-state index contributed by atoms with van der Waals surface area (Å²) in [7, 11) is 0. The lowest BCUT2D eigenvalue weighted by Gasteiger charge is -2.07. The maximum atomic E-state index is 10.7. The van der Waals surface area contributed by atoms with Crippen LogP contribution in [-0.2, 0) is 0 Å². The van der Waals surface area contributed by atoms with Gasteiger partial charge in [-0.25, -0.2) is 9.78 Å². The Morgan fingerprint density at radius 3 is 2.88 bits per heavy atom. The van der Waals surface area contributed by atoms with E-state index in [9.17, 15) is 4.79 Å². The highest BCUT2D eigenvalue weighted by molar-refractivity contribution is 5.88. The number of unbranched alkanes of at least 4 members (excludes halogenated alkanes) is 1. The van der Waals surface area contributed by atoms with Crippen LogP contribution in [-0.4, -0.2) is 22.6 Å². The van der Waals surface area contributed by atoms with Crippen molar-refractivity contribution in [1.29, 1.82) is 0 Å². The third-order valence-electron chi connectivity index (χ3n) is 2.52. The van der Waals surface area contributed by atoms with E-state index in [4.69, 9.17) is 5.11 Å². The van der Waals surface area contributed by atoms with Crippen LogP contribution in [0.25, 0.3) is 0 Å². The quantitative estimate of drug-likeness (QED) is 0.714. The molecular formula is C13H20N2O2. The third-order valence-corrected chi connectivity index (χ3v) is 2.52. The monoisotopic (exact) mass is 236 g/mol. The van der Waals surface area contributed by atoms with Gasteiger partial charge < -0.3 is 10.4 Å². The molecule has 0 atom stereocenters. The lowest BCUT2D eigenvalue weighted by atomic mass is 10.1. The molecule has 2 N–H and O–H groups in total. The maximum absolute atomic E-state index is 10.7. The Labute approximate surface area is 102 Å². The second-order valence-electron chi connectivity index (χ2n) is 4.55. The van der Waals surface area contributed by atoms with Crippen LogP contribution in [0.4, 0.5) is 5.82 Å². The number of nitrogens with one attached hydrogen (secondary N) is 1. The number of rotatable bonds is 7. The van der Waals surface area contributed by atoms with Crippen molar-refractivity contribution in [2.45, 2.75) is 33.1 Å². The molecule has 0 aromatic carbocycles. The van der Waals surface area contributed by atoms with Crippen molar-refractivity contribution in [2.75, 3.05) is 11.9 Å².